The van der Waals surface area contributed by atoms with Crippen molar-refractivity contribution >= 4 is 0 Å². The summed E-state index contributed by atoms with van der Waals surface area (Å²) in [6, 6.07) is 0. The zero-order valence-corrected chi connectivity index (χ0v) is 12.3. The van der Waals surface area contributed by atoms with Crippen LogP contribution in [0.25, 0.3) is 0 Å². The van der Waals surface area contributed by atoms with Crippen molar-refractivity contribution in [2.45, 2.75) is 53.1 Å². The van der Waals surface area contributed by atoms with Crippen LogP contribution in [-0.4, -0.2) is 37.7 Å². The Labute approximate surface area is 107 Å². The Balaban J connectivity index is 1.64. The second kappa shape index (κ2) is 4.55. The van der Waals surface area contributed by atoms with E-state index in [1.54, 1.807) is 0 Å². The molecule has 3 aliphatic carbocycles. The maximum atomic E-state index is 5.61. The highest BCUT2D eigenvalue weighted by molar-refractivity contribution is 5.18. The van der Waals surface area contributed by atoms with Gasteiger partial charge in [-0.3, -0.25) is 0 Å². The molecule has 0 aromatic rings. The van der Waals surface area contributed by atoms with Crippen molar-refractivity contribution in [2.24, 2.45) is 16.7 Å². The van der Waals surface area contributed by atoms with Crippen LogP contribution in [0.15, 0.2) is 0 Å². The lowest BCUT2D eigenvalue weighted by atomic mass is 9.32. The van der Waals surface area contributed by atoms with Gasteiger partial charge < -0.3 is 9.64 Å². The van der Waals surface area contributed by atoms with Crippen LogP contribution in [0.5, 0.6) is 0 Å². The van der Waals surface area contributed by atoms with Gasteiger partial charge in [-0.1, -0.05) is 13.8 Å². The summed E-state index contributed by atoms with van der Waals surface area (Å²) < 4.78 is 5.61. The van der Waals surface area contributed by atoms with Crippen LogP contribution < -0.4 is 0 Å². The number of hydrogen-bond donors (Lipinski definition) is 0. The van der Waals surface area contributed by atoms with Gasteiger partial charge in [0.15, 0.2) is 0 Å². The minimum atomic E-state index is 0.363. The number of nitrogens with zero attached hydrogens (tertiary/aromatic N) is 1. The van der Waals surface area contributed by atoms with Gasteiger partial charge in [0.05, 0.1) is 12.7 Å². The predicted octanol–water partition coefficient (Wildman–Crippen LogP) is 3.17. The minimum Gasteiger partial charge on any atom is -0.377 e. The smallest absolute Gasteiger partial charge is 0.0596 e. The molecule has 0 heterocycles. The van der Waals surface area contributed by atoms with Crippen LogP contribution >= 0.6 is 0 Å². The molecule has 0 aliphatic heterocycles. The Morgan fingerprint density at radius 3 is 2.18 bits per heavy atom. The largest absolute Gasteiger partial charge is 0.377 e. The van der Waals surface area contributed by atoms with Crippen LogP contribution in [0.2, 0.25) is 0 Å². The summed E-state index contributed by atoms with van der Waals surface area (Å²) in [5.41, 5.74) is 1.44. The first-order valence-electron chi connectivity index (χ1n) is 7.18. The Kier molecular flexibility index (Phi) is 3.57. The van der Waals surface area contributed by atoms with Crippen molar-refractivity contribution < 1.29 is 4.74 Å². The van der Waals surface area contributed by atoms with Gasteiger partial charge in [-0.05, 0) is 56.9 Å². The predicted molar refractivity (Wildman–Crippen MR) is 72.1 cm³/mol. The third kappa shape index (κ3) is 2.53. The maximum Gasteiger partial charge on any atom is 0.0596 e. The molecule has 2 nitrogen and oxygen atoms in total. The molecule has 0 unspecified atom stereocenters. The molecule has 0 N–H and O–H groups in total. The van der Waals surface area contributed by atoms with Gasteiger partial charge in [-0.25, -0.2) is 0 Å². The molecule has 100 valence electrons. The second-order valence-corrected chi connectivity index (χ2v) is 7.20. The first-order chi connectivity index (χ1) is 7.88. The molecular weight excluding hydrogens is 210 g/mol. The first-order valence-corrected chi connectivity index (χ1v) is 7.18. The normalized spacial score (nSPS) is 35.3. The molecule has 2 heteroatoms. The van der Waals surface area contributed by atoms with Crippen molar-refractivity contribution in [1.29, 1.82) is 0 Å². The van der Waals surface area contributed by atoms with Gasteiger partial charge >= 0.3 is 0 Å². The Bertz CT molecular complexity index is 252. The minimum absolute atomic E-state index is 0.363. The zero-order chi connectivity index (χ0) is 12.7. The van der Waals surface area contributed by atoms with E-state index in [4.69, 9.17) is 4.74 Å². The lowest BCUT2D eigenvalue weighted by molar-refractivity contribution is -0.236. The molecule has 3 saturated carbocycles. The molecule has 3 aliphatic rings. The Morgan fingerprint density at radius 1 is 1.12 bits per heavy atom. The van der Waals surface area contributed by atoms with E-state index in [-0.39, 0.29) is 0 Å². The number of rotatable bonds is 7. The van der Waals surface area contributed by atoms with Gasteiger partial charge in [0.2, 0.25) is 0 Å². The van der Waals surface area contributed by atoms with Gasteiger partial charge in [0, 0.05) is 13.1 Å². The monoisotopic (exact) mass is 239 g/mol. The third-order valence-corrected chi connectivity index (χ3v) is 4.94. The van der Waals surface area contributed by atoms with Crippen molar-refractivity contribution in [3.05, 3.63) is 0 Å². The fraction of sp³-hybridized carbons (Fsp3) is 1.00. The van der Waals surface area contributed by atoms with Gasteiger partial charge in [0.1, 0.15) is 0 Å². The molecule has 3 fully saturated rings. The standard InChI is InChI=1S/C15H29NO/c1-12(2)15-8-14(9-15,10-15)11-16(5)6-7-17-13(3)4/h12-13H,6-11H2,1-5H3. The second-order valence-electron chi connectivity index (χ2n) is 7.20. The van der Waals surface area contributed by atoms with E-state index in [2.05, 4.69) is 39.6 Å². The fourth-order valence-electron chi connectivity index (χ4n) is 3.96. The highest BCUT2D eigenvalue weighted by Crippen LogP contribution is 2.76. The molecule has 0 spiro atoms. The average Bonchev–Trinajstić information content (AvgIpc) is 2.07. The van der Waals surface area contributed by atoms with E-state index in [9.17, 15) is 0 Å². The number of ether oxygens (including phenoxy) is 1. The average molecular weight is 239 g/mol. The molecule has 0 saturated heterocycles. The summed E-state index contributed by atoms with van der Waals surface area (Å²) in [6.07, 6.45) is 4.80. The summed E-state index contributed by atoms with van der Waals surface area (Å²) in [7, 11) is 2.24. The molecular formula is C15H29NO. The quantitative estimate of drug-likeness (QED) is 0.676. The van der Waals surface area contributed by atoms with Crippen LogP contribution in [0.3, 0.4) is 0 Å². The highest BCUT2D eigenvalue weighted by atomic mass is 16.5. The van der Waals surface area contributed by atoms with Gasteiger partial charge in [0.25, 0.3) is 0 Å². The number of hydrogen-bond acceptors (Lipinski definition) is 2. The van der Waals surface area contributed by atoms with E-state index in [0.717, 1.165) is 24.5 Å². The summed E-state index contributed by atoms with van der Waals surface area (Å²) >= 11 is 0. The van der Waals surface area contributed by atoms with Crippen LogP contribution in [0.1, 0.15) is 47.0 Å². The Morgan fingerprint density at radius 2 is 1.71 bits per heavy atom. The zero-order valence-electron chi connectivity index (χ0n) is 12.3. The Hall–Kier alpha value is -0.0800. The van der Waals surface area contributed by atoms with Gasteiger partial charge in [-0.15, -0.1) is 0 Å². The molecule has 0 amide bonds. The van der Waals surface area contributed by atoms with Crippen molar-refractivity contribution in [3.63, 3.8) is 0 Å². The summed E-state index contributed by atoms with van der Waals surface area (Å²) in [5, 5.41) is 0. The van der Waals surface area contributed by atoms with E-state index >= 15 is 0 Å². The fourth-order valence-corrected chi connectivity index (χ4v) is 3.96. The molecule has 0 aromatic heterocycles. The SMILES string of the molecule is CC(C)OCCN(C)CC12CC(C(C)C)(C1)C2. The van der Waals surface area contributed by atoms with E-state index in [0.29, 0.717) is 11.5 Å². The van der Waals surface area contributed by atoms with Crippen LogP contribution in [0.4, 0.5) is 0 Å². The molecule has 2 bridgehead atoms. The third-order valence-electron chi connectivity index (χ3n) is 4.94. The van der Waals surface area contributed by atoms with Gasteiger partial charge in [-0.2, -0.15) is 0 Å². The lowest BCUT2D eigenvalue weighted by Crippen LogP contribution is -2.67. The van der Waals surface area contributed by atoms with Crippen LogP contribution in [-0.2, 0) is 4.74 Å². The number of likely N-dealkylation sites (N-methyl/N-ethyl adjacent to an activating group) is 1. The first kappa shape index (κ1) is 13.4. The van der Waals surface area contributed by atoms with E-state index in [1.165, 1.54) is 25.8 Å². The van der Waals surface area contributed by atoms with E-state index in [1.807, 2.05) is 0 Å². The van der Waals surface area contributed by atoms with Crippen molar-refractivity contribution in [2.75, 3.05) is 26.7 Å². The summed E-state index contributed by atoms with van der Waals surface area (Å²) in [5.74, 6) is 0.888. The summed E-state index contributed by atoms with van der Waals surface area (Å²) in [6.45, 7) is 12.2. The highest BCUT2D eigenvalue weighted by Gasteiger charge is 2.68. The maximum absolute atomic E-state index is 5.61. The summed E-state index contributed by atoms with van der Waals surface area (Å²) in [4.78, 5) is 2.46. The van der Waals surface area contributed by atoms with Crippen molar-refractivity contribution in [3.8, 4) is 0 Å². The van der Waals surface area contributed by atoms with Crippen molar-refractivity contribution in [1.82, 2.24) is 4.90 Å². The molecule has 3 rings (SSSR count). The van der Waals surface area contributed by atoms with E-state index < -0.39 is 0 Å². The molecule has 0 aromatic carbocycles. The lowest BCUT2D eigenvalue weighted by Gasteiger charge is -2.74. The molecule has 17 heavy (non-hydrogen) atoms. The topological polar surface area (TPSA) is 12.5 Å². The molecule has 0 atom stereocenters. The molecule has 0 radical (unpaired) electrons. The van der Waals surface area contributed by atoms with Crippen LogP contribution in [0, 0.1) is 16.7 Å².